The normalized spacial score (nSPS) is 10.6. The fraction of sp³-hybridized carbons (Fsp3) is 0.111. The second-order valence-electron chi connectivity index (χ2n) is 4.98. The number of carbonyl (C=O) groups is 1. The molecule has 1 N–H and O–H groups in total. The van der Waals surface area contributed by atoms with Crippen LogP contribution in [0.5, 0.6) is 0 Å². The summed E-state index contributed by atoms with van der Waals surface area (Å²) in [6, 6.07) is 17.7. The molecule has 0 fully saturated rings. The first-order valence-corrected chi connectivity index (χ1v) is 8.04. The van der Waals surface area contributed by atoms with Gasteiger partial charge in [0.05, 0.1) is 17.0 Å². The number of aromatic nitrogens is 1. The van der Waals surface area contributed by atoms with E-state index in [4.69, 9.17) is 0 Å². The minimum Gasteiger partial charge on any atom is -0.323 e. The van der Waals surface area contributed by atoms with Gasteiger partial charge in [-0.1, -0.05) is 36.4 Å². The van der Waals surface area contributed by atoms with Crippen LogP contribution < -0.4 is 5.32 Å². The molecule has 1 amide bonds. The number of nitrogens with one attached hydrogen (secondary N) is 1. The highest BCUT2D eigenvalue weighted by molar-refractivity contribution is 8.00. The van der Waals surface area contributed by atoms with Gasteiger partial charge in [0.1, 0.15) is 0 Å². The monoisotopic (exact) mass is 308 g/mol. The van der Waals surface area contributed by atoms with Gasteiger partial charge < -0.3 is 5.32 Å². The standard InChI is InChI=1S/C18H16N2OS/c1-13-6-2-3-10-16(13)22-12-17(21)20-15-9-4-7-14-8-5-11-19-18(14)15/h2-11H,12H2,1H3,(H,20,21). The Morgan fingerprint density at radius 3 is 2.77 bits per heavy atom. The molecule has 0 aliphatic rings. The van der Waals surface area contributed by atoms with Gasteiger partial charge in [-0.25, -0.2) is 0 Å². The number of thioether (sulfide) groups is 1. The summed E-state index contributed by atoms with van der Waals surface area (Å²) in [5.41, 5.74) is 2.76. The smallest absolute Gasteiger partial charge is 0.234 e. The first-order chi connectivity index (χ1) is 10.7. The van der Waals surface area contributed by atoms with E-state index in [-0.39, 0.29) is 5.91 Å². The van der Waals surface area contributed by atoms with Gasteiger partial charge in [0, 0.05) is 16.5 Å². The highest BCUT2D eigenvalue weighted by Crippen LogP contribution is 2.23. The van der Waals surface area contributed by atoms with Gasteiger partial charge in [-0.3, -0.25) is 9.78 Å². The lowest BCUT2D eigenvalue weighted by molar-refractivity contribution is -0.113. The first-order valence-electron chi connectivity index (χ1n) is 7.06. The maximum Gasteiger partial charge on any atom is 0.234 e. The van der Waals surface area contributed by atoms with Gasteiger partial charge in [-0.2, -0.15) is 0 Å². The van der Waals surface area contributed by atoms with Crippen molar-refractivity contribution >= 4 is 34.3 Å². The molecule has 0 aliphatic heterocycles. The fourth-order valence-corrected chi connectivity index (χ4v) is 3.08. The first kappa shape index (κ1) is 14.6. The van der Waals surface area contributed by atoms with E-state index in [0.29, 0.717) is 5.75 Å². The number of benzene rings is 2. The Bertz CT molecular complexity index is 812. The summed E-state index contributed by atoms with van der Waals surface area (Å²) in [7, 11) is 0. The molecule has 0 saturated carbocycles. The molecule has 2 aromatic carbocycles. The number of nitrogens with zero attached hydrogens (tertiary/aromatic N) is 1. The molecule has 0 bridgehead atoms. The Labute approximate surface area is 133 Å². The second-order valence-corrected chi connectivity index (χ2v) is 6.00. The molecule has 0 spiro atoms. The quantitative estimate of drug-likeness (QED) is 0.732. The highest BCUT2D eigenvalue weighted by Gasteiger charge is 2.08. The van der Waals surface area contributed by atoms with Crippen molar-refractivity contribution in [3.05, 3.63) is 66.4 Å². The van der Waals surface area contributed by atoms with E-state index < -0.39 is 0 Å². The lowest BCUT2D eigenvalue weighted by Crippen LogP contribution is -2.14. The number of amides is 1. The summed E-state index contributed by atoms with van der Waals surface area (Å²) in [4.78, 5) is 17.7. The molecule has 0 atom stereocenters. The van der Waals surface area contributed by atoms with Crippen LogP contribution in [0.3, 0.4) is 0 Å². The third-order valence-electron chi connectivity index (χ3n) is 3.36. The van der Waals surface area contributed by atoms with Crippen LogP contribution in [0.15, 0.2) is 65.7 Å². The SMILES string of the molecule is Cc1ccccc1SCC(=O)Nc1cccc2cccnc12. The van der Waals surface area contributed by atoms with Crippen molar-refractivity contribution in [3.8, 4) is 0 Å². The average molecular weight is 308 g/mol. The summed E-state index contributed by atoms with van der Waals surface area (Å²) < 4.78 is 0. The number of hydrogen-bond donors (Lipinski definition) is 1. The zero-order valence-electron chi connectivity index (χ0n) is 12.2. The maximum absolute atomic E-state index is 12.2. The van der Waals surface area contributed by atoms with Gasteiger partial charge in [-0.05, 0) is 30.7 Å². The third-order valence-corrected chi connectivity index (χ3v) is 4.53. The van der Waals surface area contributed by atoms with E-state index in [1.807, 2.05) is 48.5 Å². The van der Waals surface area contributed by atoms with Gasteiger partial charge in [0.2, 0.25) is 5.91 Å². The van der Waals surface area contributed by atoms with Crippen molar-refractivity contribution in [1.29, 1.82) is 0 Å². The van der Waals surface area contributed by atoms with Crippen LogP contribution in [0, 0.1) is 6.92 Å². The summed E-state index contributed by atoms with van der Waals surface area (Å²) in [5.74, 6) is 0.361. The van der Waals surface area contributed by atoms with Crippen molar-refractivity contribution in [2.45, 2.75) is 11.8 Å². The van der Waals surface area contributed by atoms with E-state index in [1.54, 1.807) is 18.0 Å². The molecule has 0 unspecified atom stereocenters. The Hall–Kier alpha value is -2.33. The summed E-state index contributed by atoms with van der Waals surface area (Å²) in [5, 5.41) is 3.97. The predicted molar refractivity (Wildman–Crippen MR) is 92.3 cm³/mol. The molecular formula is C18H16N2OS. The van der Waals surface area contributed by atoms with Gasteiger partial charge in [-0.15, -0.1) is 11.8 Å². The van der Waals surface area contributed by atoms with Crippen LogP contribution in [0.1, 0.15) is 5.56 Å². The summed E-state index contributed by atoms with van der Waals surface area (Å²) >= 11 is 1.55. The van der Waals surface area contributed by atoms with Crippen molar-refractivity contribution in [1.82, 2.24) is 4.98 Å². The molecule has 3 rings (SSSR count). The highest BCUT2D eigenvalue weighted by atomic mass is 32.2. The Kier molecular flexibility index (Phi) is 4.39. The summed E-state index contributed by atoms with van der Waals surface area (Å²) in [6.07, 6.45) is 1.74. The number of rotatable bonds is 4. The molecule has 110 valence electrons. The largest absolute Gasteiger partial charge is 0.323 e. The predicted octanol–water partition coefficient (Wildman–Crippen LogP) is 4.27. The van der Waals surface area contributed by atoms with Crippen molar-refractivity contribution in [2.75, 3.05) is 11.1 Å². The zero-order valence-corrected chi connectivity index (χ0v) is 13.1. The van der Waals surface area contributed by atoms with E-state index in [9.17, 15) is 4.79 Å². The molecule has 0 aliphatic carbocycles. The van der Waals surface area contributed by atoms with Gasteiger partial charge in [0.15, 0.2) is 0 Å². The molecule has 0 saturated heterocycles. The topological polar surface area (TPSA) is 42.0 Å². The van der Waals surface area contributed by atoms with Crippen molar-refractivity contribution in [3.63, 3.8) is 0 Å². The van der Waals surface area contributed by atoms with E-state index in [1.165, 1.54) is 5.56 Å². The number of anilines is 1. The van der Waals surface area contributed by atoms with Gasteiger partial charge in [0.25, 0.3) is 0 Å². The minimum atomic E-state index is -0.0218. The van der Waals surface area contributed by atoms with Crippen LogP contribution in [-0.4, -0.2) is 16.6 Å². The number of pyridine rings is 1. The third kappa shape index (κ3) is 3.28. The number of hydrogen-bond acceptors (Lipinski definition) is 3. The molecule has 0 radical (unpaired) electrons. The Morgan fingerprint density at radius 2 is 1.91 bits per heavy atom. The average Bonchev–Trinajstić information content (AvgIpc) is 2.54. The van der Waals surface area contributed by atoms with Crippen molar-refractivity contribution < 1.29 is 4.79 Å². The Morgan fingerprint density at radius 1 is 1.09 bits per heavy atom. The van der Waals surface area contributed by atoms with Crippen LogP contribution in [0.25, 0.3) is 10.9 Å². The second kappa shape index (κ2) is 6.62. The van der Waals surface area contributed by atoms with Crippen molar-refractivity contribution in [2.24, 2.45) is 0 Å². The maximum atomic E-state index is 12.2. The Balaban J connectivity index is 1.70. The fourth-order valence-electron chi connectivity index (χ4n) is 2.25. The lowest BCUT2D eigenvalue weighted by atomic mass is 10.2. The number of para-hydroxylation sites is 1. The van der Waals surface area contributed by atoms with Crippen LogP contribution in [0.4, 0.5) is 5.69 Å². The van der Waals surface area contributed by atoms with E-state index in [2.05, 4.69) is 23.3 Å². The van der Waals surface area contributed by atoms with Crippen LogP contribution in [-0.2, 0) is 4.79 Å². The van der Waals surface area contributed by atoms with E-state index in [0.717, 1.165) is 21.5 Å². The lowest BCUT2D eigenvalue weighted by Gasteiger charge is -2.08. The molecule has 3 nitrogen and oxygen atoms in total. The number of fused-ring (bicyclic) bond motifs is 1. The molecule has 22 heavy (non-hydrogen) atoms. The van der Waals surface area contributed by atoms with Crippen LogP contribution >= 0.6 is 11.8 Å². The number of aryl methyl sites for hydroxylation is 1. The van der Waals surface area contributed by atoms with E-state index >= 15 is 0 Å². The number of carbonyl (C=O) groups excluding carboxylic acids is 1. The summed E-state index contributed by atoms with van der Waals surface area (Å²) in [6.45, 7) is 2.05. The van der Waals surface area contributed by atoms with Crippen LogP contribution in [0.2, 0.25) is 0 Å². The zero-order chi connectivity index (χ0) is 15.4. The van der Waals surface area contributed by atoms with Gasteiger partial charge >= 0.3 is 0 Å². The molecule has 1 aromatic heterocycles. The molecule has 1 heterocycles. The molecule has 4 heteroatoms. The molecule has 3 aromatic rings. The molecular weight excluding hydrogens is 292 g/mol. The minimum absolute atomic E-state index is 0.0218.